The number of anilines is 1. The van der Waals surface area contributed by atoms with Crippen molar-refractivity contribution in [3.05, 3.63) is 65.5 Å². The number of benzene rings is 2. The molecule has 1 heterocycles. The molecule has 6 heteroatoms. The standard InChI is InChI=1S/C21H18FN3OS/c1-13(14-4-8-17(22)9-5-14)24-20-25-19(26)18(27-20)15-2-6-16(7-3-15)21(12-23)10-11-21/h2-9,13,26H,10-11H2,1H3,(H,24,25)/t13-/m0/s1. The fourth-order valence-electron chi connectivity index (χ4n) is 3.11. The smallest absolute Gasteiger partial charge is 0.232 e. The Morgan fingerprint density at radius 3 is 2.44 bits per heavy atom. The minimum Gasteiger partial charge on any atom is -0.492 e. The van der Waals surface area contributed by atoms with E-state index in [9.17, 15) is 14.8 Å². The van der Waals surface area contributed by atoms with Crippen LogP contribution in [-0.4, -0.2) is 10.1 Å². The average molecular weight is 379 g/mol. The lowest BCUT2D eigenvalue weighted by Gasteiger charge is -2.12. The van der Waals surface area contributed by atoms with Crippen molar-refractivity contribution in [2.45, 2.75) is 31.2 Å². The van der Waals surface area contributed by atoms with E-state index in [1.165, 1.54) is 23.5 Å². The fraction of sp³-hybridized carbons (Fsp3) is 0.238. The second-order valence-corrected chi connectivity index (χ2v) is 7.86. The number of aromatic hydroxyl groups is 1. The molecule has 4 rings (SSSR count). The first-order valence-electron chi connectivity index (χ1n) is 8.75. The highest BCUT2D eigenvalue weighted by Gasteiger charge is 2.44. The van der Waals surface area contributed by atoms with Crippen LogP contribution < -0.4 is 5.32 Å². The van der Waals surface area contributed by atoms with Gasteiger partial charge in [0.1, 0.15) is 5.82 Å². The van der Waals surface area contributed by atoms with Crippen LogP contribution in [0.5, 0.6) is 5.88 Å². The van der Waals surface area contributed by atoms with Gasteiger partial charge in [-0.15, -0.1) is 0 Å². The lowest BCUT2D eigenvalue weighted by atomic mass is 9.96. The molecule has 1 fully saturated rings. The maximum atomic E-state index is 13.1. The zero-order chi connectivity index (χ0) is 19.0. The molecular weight excluding hydrogens is 361 g/mol. The minimum atomic E-state index is -0.314. The molecule has 3 aromatic rings. The number of hydrogen-bond donors (Lipinski definition) is 2. The fourth-order valence-corrected chi connectivity index (χ4v) is 4.06. The lowest BCUT2D eigenvalue weighted by molar-refractivity contribution is 0.459. The van der Waals surface area contributed by atoms with Crippen molar-refractivity contribution in [3.63, 3.8) is 0 Å². The monoisotopic (exact) mass is 379 g/mol. The van der Waals surface area contributed by atoms with Gasteiger partial charge in [0, 0.05) is 0 Å². The molecule has 27 heavy (non-hydrogen) atoms. The molecule has 0 amide bonds. The molecule has 0 radical (unpaired) electrons. The van der Waals surface area contributed by atoms with Gasteiger partial charge < -0.3 is 10.4 Å². The zero-order valence-corrected chi connectivity index (χ0v) is 15.6. The highest BCUT2D eigenvalue weighted by atomic mass is 32.1. The number of nitriles is 1. The first-order chi connectivity index (χ1) is 13.0. The summed E-state index contributed by atoms with van der Waals surface area (Å²) in [5, 5.41) is 23.4. The third-order valence-electron chi connectivity index (χ3n) is 4.98. The summed E-state index contributed by atoms with van der Waals surface area (Å²) in [6.45, 7) is 1.96. The maximum Gasteiger partial charge on any atom is 0.232 e. The first kappa shape index (κ1) is 17.5. The van der Waals surface area contributed by atoms with Crippen molar-refractivity contribution in [1.82, 2.24) is 4.98 Å². The second-order valence-electron chi connectivity index (χ2n) is 6.86. The van der Waals surface area contributed by atoms with Crippen LogP contribution in [0, 0.1) is 17.1 Å². The van der Waals surface area contributed by atoms with E-state index in [1.54, 1.807) is 12.1 Å². The molecule has 0 aliphatic heterocycles. The van der Waals surface area contributed by atoms with Crippen LogP contribution in [0.25, 0.3) is 10.4 Å². The van der Waals surface area contributed by atoms with Gasteiger partial charge in [0.05, 0.1) is 22.4 Å². The van der Waals surface area contributed by atoms with Crippen LogP contribution in [0.2, 0.25) is 0 Å². The van der Waals surface area contributed by atoms with Gasteiger partial charge in [0.25, 0.3) is 0 Å². The zero-order valence-electron chi connectivity index (χ0n) is 14.7. The average Bonchev–Trinajstić information content (AvgIpc) is 3.40. The molecule has 0 bridgehead atoms. The Labute approximate surface area is 160 Å². The van der Waals surface area contributed by atoms with E-state index < -0.39 is 0 Å². The van der Waals surface area contributed by atoms with E-state index in [0.717, 1.165) is 29.5 Å². The number of thiazole rings is 1. The largest absolute Gasteiger partial charge is 0.492 e. The summed E-state index contributed by atoms with van der Waals surface area (Å²) in [5.41, 5.74) is 2.51. The van der Waals surface area contributed by atoms with Crippen LogP contribution in [0.4, 0.5) is 9.52 Å². The van der Waals surface area contributed by atoms with E-state index >= 15 is 0 Å². The first-order valence-corrected chi connectivity index (χ1v) is 9.56. The van der Waals surface area contributed by atoms with Crippen molar-refractivity contribution < 1.29 is 9.50 Å². The van der Waals surface area contributed by atoms with Crippen molar-refractivity contribution in [2.75, 3.05) is 5.32 Å². The molecule has 2 N–H and O–H groups in total. The SMILES string of the molecule is C[C@H](Nc1nc(O)c(-c2ccc(C3(C#N)CC3)cc2)s1)c1ccc(F)cc1. The van der Waals surface area contributed by atoms with Gasteiger partial charge in [0.15, 0.2) is 5.13 Å². The van der Waals surface area contributed by atoms with E-state index in [0.29, 0.717) is 10.0 Å². The molecule has 0 unspecified atom stereocenters. The molecule has 1 aliphatic rings. The van der Waals surface area contributed by atoms with Crippen LogP contribution in [0.1, 0.15) is 36.9 Å². The van der Waals surface area contributed by atoms with Crippen LogP contribution in [0.3, 0.4) is 0 Å². The van der Waals surface area contributed by atoms with Gasteiger partial charge in [-0.3, -0.25) is 0 Å². The molecular formula is C21H18FN3OS. The van der Waals surface area contributed by atoms with Crippen LogP contribution in [-0.2, 0) is 5.41 Å². The number of nitrogens with one attached hydrogen (secondary N) is 1. The third kappa shape index (κ3) is 3.38. The highest BCUT2D eigenvalue weighted by Crippen LogP contribution is 2.48. The second kappa shape index (κ2) is 6.67. The number of nitrogens with zero attached hydrogens (tertiary/aromatic N) is 2. The summed E-state index contributed by atoms with van der Waals surface area (Å²) in [7, 11) is 0. The summed E-state index contributed by atoms with van der Waals surface area (Å²) in [6.07, 6.45) is 1.81. The molecule has 136 valence electrons. The predicted molar refractivity (Wildman–Crippen MR) is 104 cm³/mol. The molecule has 0 saturated heterocycles. The summed E-state index contributed by atoms with van der Waals surface area (Å²) in [5.74, 6) is -0.295. The molecule has 1 aromatic heterocycles. The van der Waals surface area contributed by atoms with E-state index in [2.05, 4.69) is 16.4 Å². The van der Waals surface area contributed by atoms with Crippen molar-refractivity contribution >= 4 is 16.5 Å². The number of aromatic nitrogens is 1. The van der Waals surface area contributed by atoms with Crippen molar-refractivity contribution in [2.24, 2.45) is 0 Å². The molecule has 0 spiro atoms. The number of hydrogen-bond acceptors (Lipinski definition) is 5. The topological polar surface area (TPSA) is 68.9 Å². The molecule has 1 atom stereocenters. The highest BCUT2D eigenvalue weighted by molar-refractivity contribution is 7.19. The van der Waals surface area contributed by atoms with Gasteiger partial charge in [0.2, 0.25) is 5.88 Å². The Hall–Kier alpha value is -2.91. The Kier molecular flexibility index (Phi) is 4.33. The van der Waals surface area contributed by atoms with Crippen LogP contribution >= 0.6 is 11.3 Å². The Morgan fingerprint density at radius 2 is 1.85 bits per heavy atom. The molecule has 4 nitrogen and oxygen atoms in total. The van der Waals surface area contributed by atoms with Gasteiger partial charge >= 0.3 is 0 Å². The Bertz CT molecular complexity index is 1000. The Balaban J connectivity index is 1.53. The van der Waals surface area contributed by atoms with Crippen molar-refractivity contribution in [3.8, 4) is 22.4 Å². The normalized spacial score (nSPS) is 15.7. The van der Waals surface area contributed by atoms with Gasteiger partial charge in [-0.05, 0) is 48.6 Å². The summed E-state index contributed by atoms with van der Waals surface area (Å²) in [6, 6.07) is 16.4. The van der Waals surface area contributed by atoms with Gasteiger partial charge in [-0.2, -0.15) is 10.2 Å². The van der Waals surface area contributed by atoms with Gasteiger partial charge in [-0.25, -0.2) is 4.39 Å². The van der Waals surface area contributed by atoms with E-state index in [1.807, 2.05) is 31.2 Å². The van der Waals surface area contributed by atoms with Crippen molar-refractivity contribution in [1.29, 1.82) is 5.26 Å². The summed E-state index contributed by atoms with van der Waals surface area (Å²) < 4.78 is 13.1. The van der Waals surface area contributed by atoms with Crippen LogP contribution in [0.15, 0.2) is 48.5 Å². The Morgan fingerprint density at radius 1 is 1.19 bits per heavy atom. The predicted octanol–water partition coefficient (Wildman–Crippen LogP) is 5.38. The van der Waals surface area contributed by atoms with E-state index in [-0.39, 0.29) is 23.2 Å². The minimum absolute atomic E-state index is 0.0250. The number of rotatable bonds is 5. The number of halogens is 1. The molecule has 2 aromatic carbocycles. The van der Waals surface area contributed by atoms with E-state index in [4.69, 9.17) is 0 Å². The van der Waals surface area contributed by atoms with Gasteiger partial charge in [-0.1, -0.05) is 47.7 Å². The molecule has 1 saturated carbocycles. The maximum absolute atomic E-state index is 13.1. The lowest BCUT2D eigenvalue weighted by Crippen LogP contribution is -2.06. The molecule has 1 aliphatic carbocycles. The summed E-state index contributed by atoms with van der Waals surface area (Å²) in [4.78, 5) is 4.88. The quantitative estimate of drug-likeness (QED) is 0.624. The third-order valence-corrected chi connectivity index (χ3v) is 6.01. The summed E-state index contributed by atoms with van der Waals surface area (Å²) >= 11 is 1.36.